The molecule has 2 aromatic heterocycles. The van der Waals surface area contributed by atoms with Gasteiger partial charge < -0.3 is 0 Å². The molecule has 0 unspecified atom stereocenters. The highest BCUT2D eigenvalue weighted by Crippen LogP contribution is 2.17. The molecule has 0 aliphatic heterocycles. The molecule has 0 aliphatic carbocycles. The second-order valence-electron chi connectivity index (χ2n) is 3.82. The number of hydrogen-bond acceptors (Lipinski definition) is 2. The van der Waals surface area contributed by atoms with Gasteiger partial charge in [-0.3, -0.25) is 9.97 Å². The molecule has 2 rings (SSSR count). The van der Waals surface area contributed by atoms with Crippen molar-refractivity contribution in [2.45, 2.75) is 19.8 Å². The molecule has 2 aromatic rings. The van der Waals surface area contributed by atoms with Crippen LogP contribution in [-0.4, -0.2) is 9.97 Å². The molecule has 0 aliphatic rings. The van der Waals surface area contributed by atoms with E-state index in [4.69, 9.17) is 0 Å². The predicted octanol–water partition coefficient (Wildman–Crippen LogP) is 3.27. The standard InChI is InChI=1S/C13H14N2/c1-10(2)11-7-5-8-13(15-11)12-6-3-4-9-14-12/h3-10H,1-2H3. The lowest BCUT2D eigenvalue weighted by molar-refractivity contribution is 0.824. The first kappa shape index (κ1) is 9.84. The molecule has 0 aromatic carbocycles. The van der Waals surface area contributed by atoms with E-state index in [0.717, 1.165) is 17.1 Å². The molecule has 2 nitrogen and oxygen atoms in total. The van der Waals surface area contributed by atoms with Gasteiger partial charge >= 0.3 is 0 Å². The highest BCUT2D eigenvalue weighted by Gasteiger charge is 2.03. The van der Waals surface area contributed by atoms with Crippen LogP contribution >= 0.6 is 0 Å². The third kappa shape index (κ3) is 2.21. The maximum absolute atomic E-state index is 4.58. The first-order chi connectivity index (χ1) is 7.27. The Balaban J connectivity index is 2.42. The summed E-state index contributed by atoms with van der Waals surface area (Å²) in [6.07, 6.45) is 1.79. The van der Waals surface area contributed by atoms with Crippen LogP contribution in [-0.2, 0) is 0 Å². The lowest BCUT2D eigenvalue weighted by Gasteiger charge is -2.06. The second kappa shape index (κ2) is 4.22. The Hall–Kier alpha value is -1.70. The van der Waals surface area contributed by atoms with E-state index in [1.165, 1.54) is 0 Å². The van der Waals surface area contributed by atoms with Gasteiger partial charge in [-0.15, -0.1) is 0 Å². The Morgan fingerprint density at radius 3 is 2.40 bits per heavy atom. The lowest BCUT2D eigenvalue weighted by Crippen LogP contribution is -1.94. The summed E-state index contributed by atoms with van der Waals surface area (Å²) in [5.41, 5.74) is 2.99. The van der Waals surface area contributed by atoms with Crippen molar-refractivity contribution in [1.82, 2.24) is 9.97 Å². The van der Waals surface area contributed by atoms with E-state index >= 15 is 0 Å². The first-order valence-electron chi connectivity index (χ1n) is 5.16. The Morgan fingerprint density at radius 1 is 0.933 bits per heavy atom. The fourth-order valence-corrected chi connectivity index (χ4v) is 1.43. The van der Waals surface area contributed by atoms with Gasteiger partial charge in [0.25, 0.3) is 0 Å². The number of hydrogen-bond donors (Lipinski definition) is 0. The van der Waals surface area contributed by atoms with E-state index in [1.807, 2.05) is 30.3 Å². The SMILES string of the molecule is CC(C)c1cccc(-c2ccccn2)n1. The molecule has 0 bridgehead atoms. The summed E-state index contributed by atoms with van der Waals surface area (Å²) in [4.78, 5) is 8.87. The Kier molecular flexibility index (Phi) is 2.77. The summed E-state index contributed by atoms with van der Waals surface area (Å²) in [5.74, 6) is 0.452. The summed E-state index contributed by atoms with van der Waals surface area (Å²) in [6, 6.07) is 12.0. The third-order valence-corrected chi connectivity index (χ3v) is 2.29. The fourth-order valence-electron chi connectivity index (χ4n) is 1.43. The van der Waals surface area contributed by atoms with Crippen LogP contribution in [0.3, 0.4) is 0 Å². The van der Waals surface area contributed by atoms with Gasteiger partial charge in [0, 0.05) is 11.9 Å². The zero-order valence-corrected chi connectivity index (χ0v) is 9.01. The van der Waals surface area contributed by atoms with Crippen molar-refractivity contribution >= 4 is 0 Å². The number of pyridine rings is 2. The van der Waals surface area contributed by atoms with Crippen molar-refractivity contribution in [3.05, 3.63) is 48.3 Å². The molecule has 0 radical (unpaired) electrons. The third-order valence-electron chi connectivity index (χ3n) is 2.29. The van der Waals surface area contributed by atoms with Gasteiger partial charge in [0.1, 0.15) is 0 Å². The average molecular weight is 198 g/mol. The predicted molar refractivity (Wildman–Crippen MR) is 61.6 cm³/mol. The van der Waals surface area contributed by atoms with Crippen molar-refractivity contribution < 1.29 is 0 Å². The molecule has 0 saturated carbocycles. The monoisotopic (exact) mass is 198 g/mol. The van der Waals surface area contributed by atoms with Gasteiger partial charge in [0.2, 0.25) is 0 Å². The van der Waals surface area contributed by atoms with Crippen LogP contribution in [0.5, 0.6) is 0 Å². The number of aromatic nitrogens is 2. The highest BCUT2D eigenvalue weighted by molar-refractivity contribution is 5.53. The van der Waals surface area contributed by atoms with Gasteiger partial charge in [-0.2, -0.15) is 0 Å². The maximum atomic E-state index is 4.58. The molecule has 76 valence electrons. The average Bonchev–Trinajstić information content (AvgIpc) is 2.30. The highest BCUT2D eigenvalue weighted by atomic mass is 14.8. The van der Waals surface area contributed by atoms with Gasteiger partial charge in [0.05, 0.1) is 11.4 Å². The molecular weight excluding hydrogens is 184 g/mol. The Labute approximate surface area is 90.0 Å². The first-order valence-corrected chi connectivity index (χ1v) is 5.16. The van der Waals surface area contributed by atoms with E-state index in [1.54, 1.807) is 6.20 Å². The molecule has 0 spiro atoms. The van der Waals surface area contributed by atoms with E-state index in [9.17, 15) is 0 Å². The molecule has 0 saturated heterocycles. The van der Waals surface area contributed by atoms with Gasteiger partial charge in [-0.25, -0.2) is 0 Å². The van der Waals surface area contributed by atoms with E-state index in [2.05, 4.69) is 29.9 Å². The summed E-state index contributed by atoms with van der Waals surface area (Å²) in [5, 5.41) is 0. The van der Waals surface area contributed by atoms with E-state index < -0.39 is 0 Å². The summed E-state index contributed by atoms with van der Waals surface area (Å²) >= 11 is 0. The maximum Gasteiger partial charge on any atom is 0.0889 e. The fraction of sp³-hybridized carbons (Fsp3) is 0.231. The minimum Gasteiger partial charge on any atom is -0.255 e. The van der Waals surface area contributed by atoms with Crippen LogP contribution in [0.1, 0.15) is 25.5 Å². The number of rotatable bonds is 2. The number of nitrogens with zero attached hydrogens (tertiary/aromatic N) is 2. The van der Waals surface area contributed by atoms with Crippen molar-refractivity contribution in [2.24, 2.45) is 0 Å². The smallest absolute Gasteiger partial charge is 0.0889 e. The lowest BCUT2D eigenvalue weighted by atomic mass is 10.1. The van der Waals surface area contributed by atoms with Crippen molar-refractivity contribution in [2.75, 3.05) is 0 Å². The second-order valence-corrected chi connectivity index (χ2v) is 3.82. The molecule has 0 atom stereocenters. The Bertz CT molecular complexity index is 435. The normalized spacial score (nSPS) is 10.6. The summed E-state index contributed by atoms with van der Waals surface area (Å²) in [7, 11) is 0. The van der Waals surface area contributed by atoms with Crippen LogP contribution < -0.4 is 0 Å². The molecule has 2 heteroatoms. The minimum atomic E-state index is 0.452. The Morgan fingerprint density at radius 2 is 1.73 bits per heavy atom. The van der Waals surface area contributed by atoms with Crippen molar-refractivity contribution in [3.63, 3.8) is 0 Å². The zero-order valence-electron chi connectivity index (χ0n) is 9.01. The molecule has 0 fully saturated rings. The van der Waals surface area contributed by atoms with Gasteiger partial charge in [-0.1, -0.05) is 26.0 Å². The van der Waals surface area contributed by atoms with Crippen LogP contribution in [0.4, 0.5) is 0 Å². The molecule has 15 heavy (non-hydrogen) atoms. The van der Waals surface area contributed by atoms with Crippen LogP contribution in [0, 0.1) is 0 Å². The largest absolute Gasteiger partial charge is 0.255 e. The van der Waals surface area contributed by atoms with Gasteiger partial charge in [0.15, 0.2) is 0 Å². The van der Waals surface area contributed by atoms with Crippen molar-refractivity contribution in [3.8, 4) is 11.4 Å². The van der Waals surface area contributed by atoms with Crippen LogP contribution in [0.25, 0.3) is 11.4 Å². The molecular formula is C13H14N2. The molecule has 0 N–H and O–H groups in total. The molecule has 2 heterocycles. The minimum absolute atomic E-state index is 0.452. The molecule has 0 amide bonds. The quantitative estimate of drug-likeness (QED) is 0.740. The van der Waals surface area contributed by atoms with E-state index in [0.29, 0.717) is 5.92 Å². The summed E-state index contributed by atoms with van der Waals surface area (Å²) in [6.45, 7) is 4.29. The van der Waals surface area contributed by atoms with Gasteiger partial charge in [-0.05, 0) is 30.2 Å². The summed E-state index contributed by atoms with van der Waals surface area (Å²) < 4.78 is 0. The topological polar surface area (TPSA) is 25.8 Å². The zero-order chi connectivity index (χ0) is 10.7. The van der Waals surface area contributed by atoms with Crippen LogP contribution in [0.15, 0.2) is 42.6 Å². The van der Waals surface area contributed by atoms with E-state index in [-0.39, 0.29) is 0 Å². The van der Waals surface area contributed by atoms with Crippen LogP contribution in [0.2, 0.25) is 0 Å². The van der Waals surface area contributed by atoms with Crippen molar-refractivity contribution in [1.29, 1.82) is 0 Å².